The first-order valence-electron chi connectivity index (χ1n) is 6.90. The van der Waals surface area contributed by atoms with E-state index in [1.165, 1.54) is 30.5 Å². The highest BCUT2D eigenvalue weighted by atomic mass is 32.2. The van der Waals surface area contributed by atoms with Crippen LogP contribution in [0.2, 0.25) is 0 Å². The molecule has 0 unspecified atom stereocenters. The van der Waals surface area contributed by atoms with Crippen molar-refractivity contribution in [3.8, 4) is 17.2 Å². The minimum atomic E-state index is -3.60. The van der Waals surface area contributed by atoms with Gasteiger partial charge in [0, 0.05) is 5.38 Å². The molecular formula is C15H13FN2O4S2. The zero-order valence-electron chi connectivity index (χ0n) is 12.3. The number of furan rings is 1. The monoisotopic (exact) mass is 368 g/mol. The fourth-order valence-corrected chi connectivity index (χ4v) is 3.68. The van der Waals surface area contributed by atoms with E-state index in [1.54, 1.807) is 17.5 Å². The van der Waals surface area contributed by atoms with Gasteiger partial charge in [-0.05, 0) is 36.4 Å². The molecule has 0 spiro atoms. The summed E-state index contributed by atoms with van der Waals surface area (Å²) in [4.78, 5) is 4.17. The summed E-state index contributed by atoms with van der Waals surface area (Å²) in [5.74, 6) is 0.338. The van der Waals surface area contributed by atoms with Gasteiger partial charge in [0.15, 0.2) is 10.9 Å². The van der Waals surface area contributed by atoms with E-state index >= 15 is 0 Å². The summed E-state index contributed by atoms with van der Waals surface area (Å²) in [6.07, 6.45) is 1.52. The third-order valence-electron chi connectivity index (χ3n) is 2.96. The Bertz CT molecular complexity index is 890. The van der Waals surface area contributed by atoms with Crippen molar-refractivity contribution in [3.05, 3.63) is 53.9 Å². The smallest absolute Gasteiger partial charge is 0.237 e. The van der Waals surface area contributed by atoms with Gasteiger partial charge >= 0.3 is 0 Å². The molecule has 0 radical (unpaired) electrons. The molecule has 0 amide bonds. The number of anilines is 1. The molecule has 0 saturated carbocycles. The van der Waals surface area contributed by atoms with Crippen LogP contribution in [0.25, 0.3) is 11.5 Å². The molecule has 24 heavy (non-hydrogen) atoms. The van der Waals surface area contributed by atoms with Crippen LogP contribution in [0.1, 0.15) is 0 Å². The van der Waals surface area contributed by atoms with E-state index in [0.717, 1.165) is 11.3 Å². The number of rotatable bonds is 7. The highest BCUT2D eigenvalue weighted by molar-refractivity contribution is 7.92. The third kappa shape index (κ3) is 4.33. The summed E-state index contributed by atoms with van der Waals surface area (Å²) in [7, 11) is -3.60. The molecule has 126 valence electrons. The molecule has 0 aliphatic carbocycles. The average Bonchev–Trinajstić information content (AvgIpc) is 3.20. The summed E-state index contributed by atoms with van der Waals surface area (Å²) < 4.78 is 49.7. The number of hydrogen-bond acceptors (Lipinski definition) is 6. The first-order chi connectivity index (χ1) is 11.5. The zero-order valence-corrected chi connectivity index (χ0v) is 13.9. The highest BCUT2D eigenvalue weighted by Gasteiger charge is 2.14. The van der Waals surface area contributed by atoms with Crippen LogP contribution in [0.3, 0.4) is 0 Å². The lowest BCUT2D eigenvalue weighted by atomic mass is 10.3. The van der Waals surface area contributed by atoms with E-state index in [-0.39, 0.29) is 23.3 Å². The summed E-state index contributed by atoms with van der Waals surface area (Å²) in [6, 6.07) is 8.83. The maximum absolute atomic E-state index is 12.8. The van der Waals surface area contributed by atoms with Gasteiger partial charge in [0.25, 0.3) is 0 Å². The molecule has 1 aromatic carbocycles. The van der Waals surface area contributed by atoms with Gasteiger partial charge in [-0.15, -0.1) is 11.3 Å². The fraction of sp³-hybridized carbons (Fsp3) is 0.133. The van der Waals surface area contributed by atoms with E-state index in [0.29, 0.717) is 17.2 Å². The molecule has 0 atom stereocenters. The number of aromatic nitrogens is 1. The normalized spacial score (nSPS) is 11.4. The Hall–Kier alpha value is -2.39. The first kappa shape index (κ1) is 16.5. The molecule has 3 rings (SSSR count). The van der Waals surface area contributed by atoms with Crippen LogP contribution in [0.4, 0.5) is 9.52 Å². The van der Waals surface area contributed by atoms with Crippen LogP contribution in [-0.4, -0.2) is 25.8 Å². The van der Waals surface area contributed by atoms with Crippen LogP contribution in [-0.2, 0) is 10.0 Å². The minimum absolute atomic E-state index is 0.0582. The first-order valence-corrected chi connectivity index (χ1v) is 9.43. The molecule has 6 nitrogen and oxygen atoms in total. The molecule has 0 aliphatic rings. The van der Waals surface area contributed by atoms with Crippen molar-refractivity contribution in [3.63, 3.8) is 0 Å². The summed E-state index contributed by atoms with van der Waals surface area (Å²) in [5, 5.41) is 1.95. The van der Waals surface area contributed by atoms with Crippen molar-refractivity contribution in [1.29, 1.82) is 0 Å². The molecule has 0 bridgehead atoms. The SMILES string of the molecule is O=S(=O)(CCOc1ccc(F)cc1)Nc1nc(-c2ccco2)cs1. The number of nitrogens with one attached hydrogen (secondary N) is 1. The van der Waals surface area contributed by atoms with Gasteiger partial charge in [-0.1, -0.05) is 0 Å². The fourth-order valence-electron chi connectivity index (χ4n) is 1.84. The van der Waals surface area contributed by atoms with Crippen molar-refractivity contribution in [2.24, 2.45) is 0 Å². The molecule has 0 saturated heterocycles. The largest absolute Gasteiger partial charge is 0.492 e. The van der Waals surface area contributed by atoms with Gasteiger partial charge in [0.05, 0.1) is 6.26 Å². The van der Waals surface area contributed by atoms with E-state index in [2.05, 4.69) is 9.71 Å². The van der Waals surface area contributed by atoms with Gasteiger partial charge < -0.3 is 9.15 Å². The number of ether oxygens (including phenoxy) is 1. The lowest BCUT2D eigenvalue weighted by Gasteiger charge is -2.07. The second kappa shape index (κ2) is 7.02. The van der Waals surface area contributed by atoms with Crippen LogP contribution in [0, 0.1) is 5.82 Å². The summed E-state index contributed by atoms with van der Waals surface area (Å²) >= 11 is 1.16. The van der Waals surface area contributed by atoms with E-state index in [9.17, 15) is 12.8 Å². The average molecular weight is 368 g/mol. The maximum Gasteiger partial charge on any atom is 0.237 e. The van der Waals surface area contributed by atoms with Crippen LogP contribution in [0.15, 0.2) is 52.5 Å². The lowest BCUT2D eigenvalue weighted by molar-refractivity contribution is 0.340. The Kier molecular flexibility index (Phi) is 4.81. The van der Waals surface area contributed by atoms with E-state index in [1.807, 2.05) is 0 Å². The van der Waals surface area contributed by atoms with Crippen molar-refractivity contribution in [2.45, 2.75) is 0 Å². The van der Waals surface area contributed by atoms with Gasteiger partial charge in [-0.25, -0.2) is 17.8 Å². The lowest BCUT2D eigenvalue weighted by Crippen LogP contribution is -2.21. The zero-order chi connectivity index (χ0) is 17.0. The Labute approximate surface area is 142 Å². The molecule has 9 heteroatoms. The number of thiazole rings is 1. The predicted octanol–water partition coefficient (Wildman–Crippen LogP) is 3.36. The van der Waals surface area contributed by atoms with Gasteiger partial charge in [0.2, 0.25) is 10.0 Å². The van der Waals surface area contributed by atoms with Crippen LogP contribution in [0.5, 0.6) is 5.75 Å². The Balaban J connectivity index is 1.55. The van der Waals surface area contributed by atoms with Crippen molar-refractivity contribution in [1.82, 2.24) is 4.98 Å². The topological polar surface area (TPSA) is 81.4 Å². The number of halogens is 1. The number of hydrogen-bond donors (Lipinski definition) is 1. The Morgan fingerprint density at radius 2 is 2.04 bits per heavy atom. The standard InChI is InChI=1S/C15H13FN2O4S2/c16-11-3-5-12(6-4-11)21-8-9-24(19,20)18-15-17-13(10-23-15)14-2-1-7-22-14/h1-7,10H,8-9H2,(H,17,18). The second-order valence-electron chi connectivity index (χ2n) is 4.74. The molecular weight excluding hydrogens is 355 g/mol. The maximum atomic E-state index is 12.8. The Morgan fingerprint density at radius 3 is 2.75 bits per heavy atom. The molecule has 0 aliphatic heterocycles. The number of nitrogens with zero attached hydrogens (tertiary/aromatic N) is 1. The summed E-state index contributed by atoms with van der Waals surface area (Å²) in [6.45, 7) is -0.0582. The van der Waals surface area contributed by atoms with Crippen molar-refractivity contribution < 1.29 is 22.0 Å². The van der Waals surface area contributed by atoms with E-state index < -0.39 is 10.0 Å². The van der Waals surface area contributed by atoms with Crippen molar-refractivity contribution in [2.75, 3.05) is 17.1 Å². The quantitative estimate of drug-likeness (QED) is 0.691. The number of sulfonamides is 1. The minimum Gasteiger partial charge on any atom is -0.492 e. The second-order valence-corrected chi connectivity index (χ2v) is 7.44. The van der Waals surface area contributed by atoms with Crippen LogP contribution < -0.4 is 9.46 Å². The van der Waals surface area contributed by atoms with Crippen molar-refractivity contribution >= 4 is 26.5 Å². The van der Waals surface area contributed by atoms with Gasteiger partial charge in [0.1, 0.15) is 29.6 Å². The highest BCUT2D eigenvalue weighted by Crippen LogP contribution is 2.25. The number of benzene rings is 1. The third-order valence-corrected chi connectivity index (χ3v) is 5.05. The predicted molar refractivity (Wildman–Crippen MR) is 89.1 cm³/mol. The Morgan fingerprint density at radius 1 is 1.25 bits per heavy atom. The van der Waals surface area contributed by atoms with Crippen LogP contribution >= 0.6 is 11.3 Å². The van der Waals surface area contributed by atoms with E-state index in [4.69, 9.17) is 9.15 Å². The molecule has 3 aromatic rings. The molecule has 1 N–H and O–H groups in total. The molecule has 2 heterocycles. The van der Waals surface area contributed by atoms with Gasteiger partial charge in [-0.3, -0.25) is 4.72 Å². The molecule has 2 aromatic heterocycles. The van der Waals surface area contributed by atoms with Gasteiger partial charge in [-0.2, -0.15) is 0 Å². The molecule has 0 fully saturated rings. The summed E-state index contributed by atoms with van der Waals surface area (Å²) in [5.41, 5.74) is 0.560.